The second-order valence-corrected chi connectivity index (χ2v) is 8.59. The van der Waals surface area contributed by atoms with Crippen LogP contribution in [0.2, 0.25) is 0 Å². The molecule has 3 aromatic carbocycles. The molecule has 0 radical (unpaired) electrons. The van der Waals surface area contributed by atoms with E-state index in [1.165, 1.54) is 11.3 Å². The van der Waals surface area contributed by atoms with E-state index in [2.05, 4.69) is 10.3 Å². The number of benzene rings is 3. The minimum Gasteiger partial charge on any atom is -0.489 e. The van der Waals surface area contributed by atoms with E-state index in [1.54, 1.807) is 29.6 Å². The van der Waals surface area contributed by atoms with Gasteiger partial charge < -0.3 is 14.8 Å². The van der Waals surface area contributed by atoms with Crippen LogP contribution in [0.3, 0.4) is 0 Å². The van der Waals surface area contributed by atoms with Gasteiger partial charge in [0.05, 0.1) is 17.7 Å². The number of aromatic nitrogens is 1. The number of esters is 1. The van der Waals surface area contributed by atoms with Gasteiger partial charge in [-0.25, -0.2) is 9.78 Å². The van der Waals surface area contributed by atoms with E-state index in [-0.39, 0.29) is 18.9 Å². The van der Waals surface area contributed by atoms with Crippen LogP contribution in [0.1, 0.15) is 32.2 Å². The number of nitrogens with one attached hydrogen (secondary N) is 1. The predicted molar refractivity (Wildman–Crippen MR) is 132 cm³/mol. The molecule has 34 heavy (non-hydrogen) atoms. The van der Waals surface area contributed by atoms with E-state index < -0.39 is 5.97 Å². The molecular weight excluding hydrogens is 448 g/mol. The zero-order chi connectivity index (χ0) is 23.8. The molecule has 0 unspecified atom stereocenters. The minimum atomic E-state index is -0.461. The number of hydrogen-bond acceptors (Lipinski definition) is 6. The number of para-hydroxylation sites is 1. The monoisotopic (exact) mass is 472 g/mol. The van der Waals surface area contributed by atoms with E-state index in [0.717, 1.165) is 16.8 Å². The van der Waals surface area contributed by atoms with Crippen molar-refractivity contribution in [3.8, 4) is 5.75 Å². The van der Waals surface area contributed by atoms with Crippen LogP contribution in [0.15, 0.2) is 84.2 Å². The molecule has 6 nitrogen and oxygen atoms in total. The average molecular weight is 473 g/mol. The molecule has 1 N–H and O–H groups in total. The summed E-state index contributed by atoms with van der Waals surface area (Å²) in [4.78, 5) is 29.2. The zero-order valence-electron chi connectivity index (χ0n) is 18.7. The smallest absolute Gasteiger partial charge is 0.338 e. The Morgan fingerprint density at radius 3 is 2.56 bits per heavy atom. The van der Waals surface area contributed by atoms with Crippen molar-refractivity contribution in [3.63, 3.8) is 0 Å². The maximum absolute atomic E-state index is 12.5. The van der Waals surface area contributed by atoms with Gasteiger partial charge in [0.25, 0.3) is 0 Å². The van der Waals surface area contributed by atoms with Crippen LogP contribution in [0.4, 0.5) is 5.69 Å². The van der Waals surface area contributed by atoms with Gasteiger partial charge in [0.15, 0.2) is 0 Å². The molecule has 0 atom stereocenters. The summed E-state index contributed by atoms with van der Waals surface area (Å²) in [5.74, 6) is -0.00886. The number of carbonyl (C=O) groups excluding carboxylic acids is 2. The molecule has 4 aromatic rings. The van der Waals surface area contributed by atoms with Crippen LogP contribution in [0.25, 0.3) is 0 Å². The van der Waals surface area contributed by atoms with Crippen LogP contribution in [0.5, 0.6) is 5.75 Å². The number of thiazole rings is 1. The number of rotatable bonds is 9. The molecule has 7 heteroatoms. The Morgan fingerprint density at radius 2 is 1.74 bits per heavy atom. The first-order valence-electron chi connectivity index (χ1n) is 10.8. The maximum Gasteiger partial charge on any atom is 0.338 e. The van der Waals surface area contributed by atoms with Gasteiger partial charge in [0.1, 0.15) is 24.0 Å². The van der Waals surface area contributed by atoms with Crippen molar-refractivity contribution in [1.82, 2.24) is 4.98 Å². The maximum atomic E-state index is 12.5. The Balaban J connectivity index is 1.27. The zero-order valence-corrected chi connectivity index (χ0v) is 19.5. The molecule has 0 aliphatic heterocycles. The van der Waals surface area contributed by atoms with Gasteiger partial charge in [-0.05, 0) is 42.3 Å². The second-order valence-electron chi connectivity index (χ2n) is 7.65. The van der Waals surface area contributed by atoms with Crippen molar-refractivity contribution in [2.24, 2.45) is 0 Å². The van der Waals surface area contributed by atoms with Gasteiger partial charge in [0.2, 0.25) is 5.91 Å². The molecule has 0 aliphatic rings. The fourth-order valence-corrected chi connectivity index (χ4v) is 4.00. The Hall–Kier alpha value is -3.97. The number of hydrogen-bond donors (Lipinski definition) is 1. The molecule has 172 valence electrons. The first-order chi connectivity index (χ1) is 16.6. The molecule has 0 spiro atoms. The lowest BCUT2D eigenvalue weighted by atomic mass is 10.2. The fraction of sp³-hybridized carbons (Fsp3) is 0.148. The first-order valence-corrected chi connectivity index (χ1v) is 11.7. The summed E-state index contributed by atoms with van der Waals surface area (Å²) in [6.07, 6.45) is 0.160. The predicted octanol–water partition coefficient (Wildman–Crippen LogP) is 5.57. The number of anilines is 1. The highest BCUT2D eigenvalue weighted by molar-refractivity contribution is 7.09. The number of nitrogens with zero attached hydrogens (tertiary/aromatic N) is 1. The van der Waals surface area contributed by atoms with Crippen molar-refractivity contribution in [3.05, 3.63) is 112 Å². The average Bonchev–Trinajstić information content (AvgIpc) is 3.30. The summed E-state index contributed by atoms with van der Waals surface area (Å²) in [7, 11) is 0. The van der Waals surface area contributed by atoms with Gasteiger partial charge in [-0.15, -0.1) is 11.3 Å². The van der Waals surface area contributed by atoms with Crippen molar-refractivity contribution in [1.29, 1.82) is 0 Å². The summed E-state index contributed by atoms with van der Waals surface area (Å²) in [5, 5.41) is 5.35. The second kappa shape index (κ2) is 11.2. The van der Waals surface area contributed by atoms with E-state index in [1.807, 2.05) is 61.5 Å². The topological polar surface area (TPSA) is 77.5 Å². The third-order valence-electron chi connectivity index (χ3n) is 5.00. The van der Waals surface area contributed by atoms with Gasteiger partial charge in [-0.1, -0.05) is 54.6 Å². The summed E-state index contributed by atoms with van der Waals surface area (Å²) in [6, 6.07) is 24.3. The molecule has 0 fully saturated rings. The van der Waals surface area contributed by atoms with E-state index >= 15 is 0 Å². The molecule has 1 amide bonds. The molecule has 1 aromatic heterocycles. The molecule has 1 heterocycles. The van der Waals surface area contributed by atoms with Crippen molar-refractivity contribution >= 4 is 28.9 Å². The lowest BCUT2D eigenvalue weighted by molar-refractivity contribution is -0.115. The standard InChI is InChI=1S/C27H24N2O4S/c1-19-8-5-6-13-24(19)29-25(30)15-26-28-22(18-34-26)17-33-27(31)21-11-7-12-23(14-21)32-16-20-9-3-2-4-10-20/h2-14,18H,15-17H2,1H3,(H,29,30). The molecule has 0 saturated heterocycles. The fourth-order valence-electron chi connectivity index (χ4n) is 3.22. The first kappa shape index (κ1) is 23.2. The number of carbonyl (C=O) groups is 2. The van der Waals surface area contributed by atoms with Gasteiger partial charge in [0, 0.05) is 11.1 Å². The Bertz CT molecular complexity index is 1270. The van der Waals surface area contributed by atoms with Crippen molar-refractivity contribution in [2.75, 3.05) is 5.32 Å². The van der Waals surface area contributed by atoms with Crippen LogP contribution < -0.4 is 10.1 Å². The summed E-state index contributed by atoms with van der Waals surface area (Å²) in [6.45, 7) is 2.39. The van der Waals surface area contributed by atoms with Gasteiger partial charge in [-0.2, -0.15) is 0 Å². The number of ether oxygens (including phenoxy) is 2. The van der Waals surface area contributed by atoms with Gasteiger partial charge >= 0.3 is 5.97 Å². The van der Waals surface area contributed by atoms with Crippen LogP contribution >= 0.6 is 11.3 Å². The normalized spacial score (nSPS) is 10.5. The number of aryl methyl sites for hydroxylation is 1. The van der Waals surface area contributed by atoms with Crippen LogP contribution in [-0.4, -0.2) is 16.9 Å². The third-order valence-corrected chi connectivity index (χ3v) is 5.90. The summed E-state index contributed by atoms with van der Waals surface area (Å²) < 4.78 is 11.2. The van der Waals surface area contributed by atoms with Crippen LogP contribution in [0, 0.1) is 6.92 Å². The van der Waals surface area contributed by atoms with E-state index in [9.17, 15) is 9.59 Å². The Morgan fingerprint density at radius 1 is 0.941 bits per heavy atom. The highest BCUT2D eigenvalue weighted by Crippen LogP contribution is 2.18. The quantitative estimate of drug-likeness (QED) is 0.322. The Labute approximate surface area is 202 Å². The summed E-state index contributed by atoms with van der Waals surface area (Å²) in [5.41, 5.74) is 3.83. The third kappa shape index (κ3) is 6.52. The lowest BCUT2D eigenvalue weighted by Crippen LogP contribution is -2.15. The van der Waals surface area contributed by atoms with Crippen molar-refractivity contribution < 1.29 is 19.1 Å². The van der Waals surface area contributed by atoms with E-state index in [0.29, 0.717) is 28.6 Å². The molecule has 0 aliphatic carbocycles. The highest BCUT2D eigenvalue weighted by atomic mass is 32.1. The van der Waals surface area contributed by atoms with E-state index in [4.69, 9.17) is 9.47 Å². The Kier molecular flexibility index (Phi) is 7.67. The SMILES string of the molecule is Cc1ccccc1NC(=O)Cc1nc(COC(=O)c2cccc(OCc3ccccc3)c2)cs1. The lowest BCUT2D eigenvalue weighted by Gasteiger charge is -2.08. The minimum absolute atomic E-state index is 0.0316. The number of amides is 1. The van der Waals surface area contributed by atoms with Crippen molar-refractivity contribution in [2.45, 2.75) is 26.6 Å². The van der Waals surface area contributed by atoms with Crippen LogP contribution in [-0.2, 0) is 29.2 Å². The molecule has 4 rings (SSSR count). The van der Waals surface area contributed by atoms with Gasteiger partial charge in [-0.3, -0.25) is 4.79 Å². The molecule has 0 saturated carbocycles. The highest BCUT2D eigenvalue weighted by Gasteiger charge is 2.13. The largest absolute Gasteiger partial charge is 0.489 e. The summed E-state index contributed by atoms with van der Waals surface area (Å²) >= 11 is 1.36. The molecular formula is C27H24N2O4S. The molecule has 0 bridgehead atoms.